The molecule has 1 fully saturated rings. The normalized spacial score (nSPS) is 13.8. The summed E-state index contributed by atoms with van der Waals surface area (Å²) in [6.45, 7) is 6.03. The highest BCUT2D eigenvalue weighted by Gasteiger charge is 2.20. The Bertz CT molecular complexity index is 1290. The fraction of sp³-hybridized carbons (Fsp3) is 0.308. The number of rotatable bonds is 8. The van der Waals surface area contributed by atoms with Gasteiger partial charge in [-0.3, -0.25) is 4.79 Å². The average Bonchev–Trinajstić information content (AvgIpc) is 3.32. The van der Waals surface area contributed by atoms with Crippen molar-refractivity contribution < 1.29 is 9.53 Å². The third-order valence-corrected chi connectivity index (χ3v) is 6.63. The van der Waals surface area contributed by atoms with Crippen molar-refractivity contribution >= 4 is 34.5 Å². The molecule has 2 aromatic heterocycles. The smallest absolute Gasteiger partial charge is 0.251 e. The second-order valence-corrected chi connectivity index (χ2v) is 9.40. The quantitative estimate of drug-likeness (QED) is 0.298. The van der Waals surface area contributed by atoms with Gasteiger partial charge in [0, 0.05) is 25.2 Å². The molecule has 0 atom stereocenters. The lowest BCUT2D eigenvalue weighted by Crippen LogP contribution is -2.37. The maximum atomic E-state index is 12.7. The molecular formula is C26H28N6O2S. The van der Waals surface area contributed by atoms with E-state index >= 15 is 0 Å². The molecular weight excluding hydrogens is 460 g/mol. The molecule has 5 rings (SSSR count). The summed E-state index contributed by atoms with van der Waals surface area (Å²) >= 11 is 1.61. The Hall–Kier alpha value is -3.43. The lowest BCUT2D eigenvalue weighted by molar-refractivity contribution is 0.0952. The van der Waals surface area contributed by atoms with E-state index in [1.54, 1.807) is 11.8 Å². The fourth-order valence-corrected chi connectivity index (χ4v) is 4.68. The number of nitrogens with zero attached hydrogens (tertiary/aromatic N) is 5. The maximum absolute atomic E-state index is 12.7. The number of benzene rings is 2. The summed E-state index contributed by atoms with van der Waals surface area (Å²) in [5.74, 6) is 1.69. The highest BCUT2D eigenvalue weighted by molar-refractivity contribution is 7.99. The van der Waals surface area contributed by atoms with Gasteiger partial charge in [0.1, 0.15) is 5.82 Å². The summed E-state index contributed by atoms with van der Waals surface area (Å²) in [5, 5.41) is 9.23. The minimum Gasteiger partial charge on any atom is -0.378 e. The van der Waals surface area contributed by atoms with Crippen LogP contribution in [0.3, 0.4) is 0 Å². The van der Waals surface area contributed by atoms with Crippen LogP contribution in [0.25, 0.3) is 22.2 Å². The molecule has 2 aromatic carbocycles. The molecule has 1 aliphatic heterocycles. The van der Waals surface area contributed by atoms with E-state index in [0.717, 1.165) is 52.0 Å². The monoisotopic (exact) mass is 488 g/mol. The molecule has 0 unspecified atom stereocenters. The Morgan fingerprint density at radius 1 is 1.03 bits per heavy atom. The minimum atomic E-state index is -0.105. The maximum Gasteiger partial charge on any atom is 0.251 e. The molecule has 4 aromatic rings. The van der Waals surface area contributed by atoms with Gasteiger partial charge in [0.2, 0.25) is 0 Å². The van der Waals surface area contributed by atoms with Crippen LogP contribution in [0.5, 0.6) is 0 Å². The number of carbonyl (C=O) groups is 1. The van der Waals surface area contributed by atoms with Crippen molar-refractivity contribution in [1.82, 2.24) is 25.1 Å². The summed E-state index contributed by atoms with van der Waals surface area (Å²) in [5.41, 5.74) is 3.64. The number of thioether (sulfide) groups is 1. The van der Waals surface area contributed by atoms with Crippen LogP contribution in [0.15, 0.2) is 66.0 Å². The number of fused-ring (bicyclic) bond motifs is 1. The van der Waals surface area contributed by atoms with Crippen LogP contribution < -0.4 is 10.2 Å². The second kappa shape index (κ2) is 10.9. The Kier molecular flexibility index (Phi) is 7.25. The van der Waals surface area contributed by atoms with Gasteiger partial charge >= 0.3 is 0 Å². The van der Waals surface area contributed by atoms with E-state index in [0.29, 0.717) is 31.9 Å². The molecule has 1 N–H and O–H groups in total. The molecule has 0 spiro atoms. The van der Waals surface area contributed by atoms with Gasteiger partial charge in [0.05, 0.1) is 31.3 Å². The zero-order valence-electron chi connectivity index (χ0n) is 19.7. The zero-order valence-corrected chi connectivity index (χ0v) is 20.5. The SMILES string of the molecule is CCSc1nc(N2CCOCC2)c2cnn(CCNC(=O)c3ccc(-c4ccccc4)cc3)c2n1. The van der Waals surface area contributed by atoms with Gasteiger partial charge < -0.3 is 15.0 Å². The number of aromatic nitrogens is 4. The number of hydrogen-bond donors (Lipinski definition) is 1. The zero-order chi connectivity index (χ0) is 24.0. The summed E-state index contributed by atoms with van der Waals surface area (Å²) in [7, 11) is 0. The molecule has 0 bridgehead atoms. The fourth-order valence-electron chi connectivity index (χ4n) is 4.12. The minimum absolute atomic E-state index is 0.105. The largest absolute Gasteiger partial charge is 0.378 e. The van der Waals surface area contributed by atoms with Gasteiger partial charge in [0.25, 0.3) is 5.91 Å². The number of morpholine rings is 1. The summed E-state index contributed by atoms with van der Waals surface area (Å²) in [6.07, 6.45) is 1.82. The van der Waals surface area contributed by atoms with Crippen molar-refractivity contribution in [3.8, 4) is 11.1 Å². The molecule has 0 saturated carbocycles. The Morgan fingerprint density at radius 2 is 1.77 bits per heavy atom. The average molecular weight is 489 g/mol. The highest BCUT2D eigenvalue weighted by Crippen LogP contribution is 2.27. The van der Waals surface area contributed by atoms with E-state index in [-0.39, 0.29) is 5.91 Å². The van der Waals surface area contributed by atoms with Gasteiger partial charge in [-0.25, -0.2) is 14.6 Å². The van der Waals surface area contributed by atoms with Crippen LogP contribution in [0.1, 0.15) is 17.3 Å². The summed E-state index contributed by atoms with van der Waals surface area (Å²) < 4.78 is 7.35. The number of amides is 1. The van der Waals surface area contributed by atoms with E-state index in [1.165, 1.54) is 0 Å². The molecule has 1 amide bonds. The molecule has 3 heterocycles. The predicted octanol–water partition coefficient (Wildman–Crippen LogP) is 3.87. The van der Waals surface area contributed by atoms with Crippen LogP contribution in [0.2, 0.25) is 0 Å². The van der Waals surface area contributed by atoms with E-state index in [1.807, 2.05) is 53.3 Å². The van der Waals surface area contributed by atoms with Crippen molar-refractivity contribution in [2.45, 2.75) is 18.6 Å². The molecule has 1 saturated heterocycles. The molecule has 9 heteroatoms. The lowest BCUT2D eigenvalue weighted by Gasteiger charge is -2.28. The lowest BCUT2D eigenvalue weighted by atomic mass is 10.0. The third kappa shape index (κ3) is 5.31. The first-order valence-electron chi connectivity index (χ1n) is 11.9. The first kappa shape index (κ1) is 23.3. The Labute approximate surface area is 208 Å². The first-order valence-corrected chi connectivity index (χ1v) is 12.8. The van der Waals surface area contributed by atoms with Crippen LogP contribution in [0.4, 0.5) is 5.82 Å². The van der Waals surface area contributed by atoms with E-state index in [2.05, 4.69) is 34.4 Å². The van der Waals surface area contributed by atoms with Crippen molar-refractivity contribution in [2.75, 3.05) is 43.5 Å². The predicted molar refractivity (Wildman–Crippen MR) is 139 cm³/mol. The summed E-state index contributed by atoms with van der Waals surface area (Å²) in [4.78, 5) is 24.5. The van der Waals surface area contributed by atoms with Crippen molar-refractivity contribution in [3.63, 3.8) is 0 Å². The Balaban J connectivity index is 1.27. The molecule has 0 aliphatic carbocycles. The van der Waals surface area contributed by atoms with E-state index < -0.39 is 0 Å². The summed E-state index contributed by atoms with van der Waals surface area (Å²) in [6, 6.07) is 17.8. The van der Waals surface area contributed by atoms with Gasteiger partial charge in [-0.2, -0.15) is 5.10 Å². The molecule has 0 radical (unpaired) electrons. The van der Waals surface area contributed by atoms with Crippen molar-refractivity contribution in [1.29, 1.82) is 0 Å². The second-order valence-electron chi connectivity index (χ2n) is 8.17. The van der Waals surface area contributed by atoms with Crippen molar-refractivity contribution in [2.24, 2.45) is 0 Å². The first-order chi connectivity index (χ1) is 17.2. The molecule has 8 nitrogen and oxygen atoms in total. The Morgan fingerprint density at radius 3 is 2.51 bits per heavy atom. The molecule has 1 aliphatic rings. The standard InChI is InChI=1S/C26H28N6O2S/c1-2-35-26-29-23(31-14-16-34-17-15-31)22-18-28-32(24(22)30-26)13-12-27-25(33)21-10-8-20(9-11-21)19-6-4-3-5-7-19/h3-11,18H,2,12-17H2,1H3,(H,27,33). The van der Waals surface area contributed by atoms with E-state index in [4.69, 9.17) is 14.7 Å². The number of carbonyl (C=O) groups excluding carboxylic acids is 1. The van der Waals surface area contributed by atoms with E-state index in [9.17, 15) is 4.79 Å². The number of ether oxygens (including phenoxy) is 1. The van der Waals surface area contributed by atoms with Gasteiger partial charge in [-0.05, 0) is 29.0 Å². The van der Waals surface area contributed by atoms with Crippen LogP contribution in [0, 0.1) is 0 Å². The van der Waals surface area contributed by atoms with Crippen molar-refractivity contribution in [3.05, 3.63) is 66.4 Å². The van der Waals surface area contributed by atoms with Crippen LogP contribution >= 0.6 is 11.8 Å². The number of hydrogen-bond acceptors (Lipinski definition) is 7. The van der Waals surface area contributed by atoms with Gasteiger partial charge in [-0.1, -0.05) is 61.2 Å². The van der Waals surface area contributed by atoms with Gasteiger partial charge in [-0.15, -0.1) is 0 Å². The molecule has 35 heavy (non-hydrogen) atoms. The number of anilines is 1. The topological polar surface area (TPSA) is 85.2 Å². The third-order valence-electron chi connectivity index (χ3n) is 5.90. The number of nitrogens with one attached hydrogen (secondary N) is 1. The molecule has 180 valence electrons. The highest BCUT2D eigenvalue weighted by atomic mass is 32.2. The van der Waals surface area contributed by atoms with Crippen LogP contribution in [-0.2, 0) is 11.3 Å². The van der Waals surface area contributed by atoms with Gasteiger partial charge in [0.15, 0.2) is 10.8 Å². The van der Waals surface area contributed by atoms with Crippen LogP contribution in [-0.4, -0.2) is 64.3 Å².